The second-order valence-electron chi connectivity index (χ2n) is 2.99. The Bertz CT molecular complexity index is 69.3. The molecular formula is C7H19N2+. The maximum atomic E-state index is 3.21. The monoisotopic (exact) mass is 131 g/mol. The molecule has 0 fully saturated rings. The Kier molecular flexibility index (Phi) is 3.82. The van der Waals surface area contributed by atoms with Gasteiger partial charge in [0.2, 0.25) is 0 Å². The van der Waals surface area contributed by atoms with E-state index in [1.54, 1.807) is 0 Å². The molecule has 56 valence electrons. The van der Waals surface area contributed by atoms with Gasteiger partial charge in [0, 0.05) is 7.05 Å². The van der Waals surface area contributed by atoms with E-state index < -0.39 is 0 Å². The third-order valence-corrected chi connectivity index (χ3v) is 1.68. The molecule has 1 N–H and O–H groups in total. The molecular weight excluding hydrogens is 112 g/mol. The molecule has 0 amide bonds. The van der Waals surface area contributed by atoms with Crippen LogP contribution in [0.2, 0.25) is 0 Å². The lowest BCUT2D eigenvalue weighted by molar-refractivity contribution is -0.932. The van der Waals surface area contributed by atoms with Gasteiger partial charge >= 0.3 is 0 Å². The summed E-state index contributed by atoms with van der Waals surface area (Å²) in [6.45, 7) is 3.43. The maximum Gasteiger partial charge on any atom is 0.0957 e. The van der Waals surface area contributed by atoms with Crippen molar-refractivity contribution in [1.29, 1.82) is 0 Å². The predicted molar refractivity (Wildman–Crippen MR) is 40.9 cm³/mol. The van der Waals surface area contributed by atoms with Crippen LogP contribution < -0.4 is 5.43 Å². The first-order chi connectivity index (χ1) is 4.12. The Hall–Kier alpha value is -0.0800. The first kappa shape index (κ1) is 8.92. The Morgan fingerprint density at radius 2 is 1.89 bits per heavy atom. The van der Waals surface area contributed by atoms with Crippen LogP contribution in [0.5, 0.6) is 0 Å². The molecule has 0 aliphatic heterocycles. The first-order valence-electron chi connectivity index (χ1n) is 3.64. The summed E-state index contributed by atoms with van der Waals surface area (Å²) in [5.41, 5.74) is 3.21. The van der Waals surface area contributed by atoms with Gasteiger partial charge in [-0.3, -0.25) is 4.59 Å². The number of quaternary nitrogens is 1. The molecule has 9 heavy (non-hydrogen) atoms. The second kappa shape index (κ2) is 3.85. The van der Waals surface area contributed by atoms with Crippen molar-refractivity contribution in [1.82, 2.24) is 5.43 Å². The van der Waals surface area contributed by atoms with Gasteiger partial charge in [-0.2, -0.15) is 5.43 Å². The highest BCUT2D eigenvalue weighted by Gasteiger charge is 2.09. The summed E-state index contributed by atoms with van der Waals surface area (Å²) in [7, 11) is 6.35. The molecule has 0 atom stereocenters. The predicted octanol–water partition coefficient (Wildman–Crippen LogP) is 0.997. The molecule has 0 heterocycles. The van der Waals surface area contributed by atoms with Crippen molar-refractivity contribution in [2.45, 2.75) is 19.8 Å². The zero-order valence-corrected chi connectivity index (χ0v) is 7.07. The minimum atomic E-state index is 0.924. The molecule has 0 aliphatic carbocycles. The Morgan fingerprint density at radius 3 is 2.22 bits per heavy atom. The van der Waals surface area contributed by atoms with Crippen LogP contribution in [0.25, 0.3) is 0 Å². The fourth-order valence-electron chi connectivity index (χ4n) is 0.665. The van der Waals surface area contributed by atoms with Crippen molar-refractivity contribution in [3.05, 3.63) is 0 Å². The topological polar surface area (TPSA) is 12.0 Å². The van der Waals surface area contributed by atoms with E-state index in [9.17, 15) is 0 Å². The molecule has 0 spiro atoms. The molecule has 2 heteroatoms. The van der Waals surface area contributed by atoms with Gasteiger partial charge in [-0.05, 0) is 6.42 Å². The molecule has 0 unspecified atom stereocenters. The SMILES string of the molecule is CCCC[N+](C)(C)NC. The summed E-state index contributed by atoms with van der Waals surface area (Å²) in [4.78, 5) is 0. The van der Waals surface area contributed by atoms with Crippen molar-refractivity contribution in [2.24, 2.45) is 0 Å². The third kappa shape index (κ3) is 4.43. The van der Waals surface area contributed by atoms with E-state index in [1.165, 1.54) is 19.4 Å². The normalized spacial score (nSPS) is 12.0. The van der Waals surface area contributed by atoms with Crippen LogP contribution in [0.4, 0.5) is 0 Å². The largest absolute Gasteiger partial charge is 0.251 e. The molecule has 0 aromatic rings. The van der Waals surface area contributed by atoms with Gasteiger partial charge in [-0.25, -0.2) is 0 Å². The number of unbranched alkanes of at least 4 members (excludes halogenated alkanes) is 1. The molecule has 2 nitrogen and oxygen atoms in total. The van der Waals surface area contributed by atoms with E-state index in [0.717, 1.165) is 4.59 Å². The van der Waals surface area contributed by atoms with Gasteiger partial charge < -0.3 is 0 Å². The van der Waals surface area contributed by atoms with Gasteiger partial charge in [-0.15, -0.1) is 0 Å². The zero-order valence-electron chi connectivity index (χ0n) is 7.07. The number of nitrogens with zero attached hydrogens (tertiary/aromatic N) is 1. The van der Waals surface area contributed by atoms with Crippen LogP contribution >= 0.6 is 0 Å². The number of rotatable bonds is 4. The minimum Gasteiger partial charge on any atom is -0.251 e. The number of hydrogen-bond donors (Lipinski definition) is 1. The average molecular weight is 131 g/mol. The van der Waals surface area contributed by atoms with Crippen LogP contribution in [-0.4, -0.2) is 32.3 Å². The standard InChI is InChI=1S/C7H19N2/c1-5-6-7-9(3,4)8-2/h8H,5-7H2,1-4H3/q+1. The van der Waals surface area contributed by atoms with Crippen molar-refractivity contribution < 1.29 is 4.59 Å². The lowest BCUT2D eigenvalue weighted by Crippen LogP contribution is -2.50. The summed E-state index contributed by atoms with van der Waals surface area (Å²) < 4.78 is 0.924. The summed E-state index contributed by atoms with van der Waals surface area (Å²) in [6.07, 6.45) is 2.58. The highest BCUT2D eigenvalue weighted by atomic mass is 15.6. The molecule has 0 rings (SSSR count). The Morgan fingerprint density at radius 1 is 1.33 bits per heavy atom. The van der Waals surface area contributed by atoms with Gasteiger partial charge in [-0.1, -0.05) is 13.3 Å². The molecule has 0 saturated carbocycles. The van der Waals surface area contributed by atoms with E-state index in [4.69, 9.17) is 0 Å². The van der Waals surface area contributed by atoms with Crippen LogP contribution in [0.15, 0.2) is 0 Å². The quantitative estimate of drug-likeness (QED) is 0.443. The first-order valence-corrected chi connectivity index (χ1v) is 3.64. The molecule has 0 aliphatic rings. The van der Waals surface area contributed by atoms with Crippen LogP contribution in [0.1, 0.15) is 19.8 Å². The lowest BCUT2D eigenvalue weighted by Gasteiger charge is -2.27. The highest BCUT2D eigenvalue weighted by Crippen LogP contribution is 1.94. The van der Waals surface area contributed by atoms with Crippen molar-refractivity contribution >= 4 is 0 Å². The molecule has 0 aromatic carbocycles. The van der Waals surface area contributed by atoms with E-state index in [1.807, 2.05) is 7.05 Å². The van der Waals surface area contributed by atoms with E-state index >= 15 is 0 Å². The summed E-state index contributed by atoms with van der Waals surface area (Å²) >= 11 is 0. The highest BCUT2D eigenvalue weighted by molar-refractivity contribution is 4.29. The van der Waals surface area contributed by atoms with E-state index in [-0.39, 0.29) is 0 Å². The number of hydrogen-bond acceptors (Lipinski definition) is 1. The molecule has 0 aromatic heterocycles. The summed E-state index contributed by atoms with van der Waals surface area (Å²) in [6, 6.07) is 0. The second-order valence-corrected chi connectivity index (χ2v) is 2.99. The zero-order chi connectivity index (χ0) is 7.33. The van der Waals surface area contributed by atoms with Gasteiger partial charge in [0.1, 0.15) is 0 Å². The van der Waals surface area contributed by atoms with Gasteiger partial charge in [0.05, 0.1) is 20.6 Å². The van der Waals surface area contributed by atoms with E-state index in [0.29, 0.717) is 0 Å². The van der Waals surface area contributed by atoms with Gasteiger partial charge in [0.15, 0.2) is 0 Å². The fourth-order valence-corrected chi connectivity index (χ4v) is 0.665. The third-order valence-electron chi connectivity index (χ3n) is 1.68. The Balaban J connectivity index is 3.33. The van der Waals surface area contributed by atoms with Gasteiger partial charge in [0.25, 0.3) is 0 Å². The van der Waals surface area contributed by atoms with Crippen LogP contribution in [0, 0.1) is 0 Å². The molecule has 0 bridgehead atoms. The summed E-state index contributed by atoms with van der Waals surface area (Å²) in [5.74, 6) is 0. The fraction of sp³-hybridized carbons (Fsp3) is 1.00. The lowest BCUT2D eigenvalue weighted by atomic mass is 10.3. The van der Waals surface area contributed by atoms with Crippen molar-refractivity contribution in [2.75, 3.05) is 27.7 Å². The summed E-state index contributed by atoms with van der Waals surface area (Å²) in [5, 5.41) is 0. The Labute approximate surface area is 58.4 Å². The molecule has 0 radical (unpaired) electrons. The molecule has 0 saturated heterocycles. The minimum absolute atomic E-state index is 0.924. The smallest absolute Gasteiger partial charge is 0.0957 e. The van der Waals surface area contributed by atoms with Crippen molar-refractivity contribution in [3.63, 3.8) is 0 Å². The maximum absolute atomic E-state index is 3.21. The number of nitrogens with one attached hydrogen (secondary N) is 1. The van der Waals surface area contributed by atoms with Crippen LogP contribution in [-0.2, 0) is 0 Å². The van der Waals surface area contributed by atoms with E-state index in [2.05, 4.69) is 26.4 Å². The van der Waals surface area contributed by atoms with Crippen LogP contribution in [0.3, 0.4) is 0 Å². The van der Waals surface area contributed by atoms with Crippen molar-refractivity contribution in [3.8, 4) is 0 Å². The average Bonchev–Trinajstić information content (AvgIpc) is 1.84.